The third kappa shape index (κ3) is 1.16. The lowest BCUT2D eigenvalue weighted by Gasteiger charge is -2.37. The maximum absolute atomic E-state index is 10.6. The molecule has 1 rings (SSSR count). The molecule has 0 radical (unpaired) electrons. The highest BCUT2D eigenvalue weighted by molar-refractivity contribution is 7.93. The Morgan fingerprint density at radius 3 is 2.20 bits per heavy atom. The van der Waals surface area contributed by atoms with Gasteiger partial charge in [-0.1, -0.05) is 0 Å². The molecule has 0 amide bonds. The average Bonchev–Trinajstić information content (AvgIpc) is 1.82. The molecule has 1 aliphatic rings. The van der Waals surface area contributed by atoms with Crippen molar-refractivity contribution in [2.24, 2.45) is 0 Å². The van der Waals surface area contributed by atoms with Crippen LogP contribution in [-0.4, -0.2) is 44.3 Å². The zero-order valence-corrected chi connectivity index (χ0v) is 6.52. The van der Waals surface area contributed by atoms with E-state index < -0.39 is 15.4 Å². The fraction of sp³-hybridized carbons (Fsp3) is 1.00. The Labute approximate surface area is 59.7 Å². The molecule has 0 saturated carbocycles. The van der Waals surface area contributed by atoms with E-state index in [1.807, 2.05) is 0 Å². The van der Waals surface area contributed by atoms with E-state index in [-0.39, 0.29) is 18.1 Å². The number of methoxy groups -OCH3 is 1. The lowest BCUT2D eigenvalue weighted by Crippen LogP contribution is -2.58. The Kier molecular flexibility index (Phi) is 1.74. The van der Waals surface area contributed by atoms with Crippen molar-refractivity contribution in [1.82, 2.24) is 0 Å². The van der Waals surface area contributed by atoms with Crippen molar-refractivity contribution in [3.63, 3.8) is 0 Å². The van der Waals surface area contributed by atoms with Crippen LogP contribution >= 0.6 is 0 Å². The Bertz CT molecular complexity index is 200. The molecule has 0 aromatic rings. The second-order valence-electron chi connectivity index (χ2n) is 2.58. The molecule has 1 N–H and O–H groups in total. The van der Waals surface area contributed by atoms with Gasteiger partial charge in [0.25, 0.3) is 0 Å². The smallest absolute Gasteiger partial charge is 0.156 e. The van der Waals surface area contributed by atoms with Gasteiger partial charge in [0.1, 0.15) is 5.60 Å². The molecular formula is C5H10O4S. The second kappa shape index (κ2) is 2.18. The molecule has 0 atom stereocenters. The molecule has 0 unspecified atom stereocenters. The molecule has 1 heterocycles. The summed E-state index contributed by atoms with van der Waals surface area (Å²) in [6.07, 6.45) is 0. The Morgan fingerprint density at radius 2 is 2.10 bits per heavy atom. The van der Waals surface area contributed by atoms with Crippen LogP contribution in [0.25, 0.3) is 0 Å². The summed E-state index contributed by atoms with van der Waals surface area (Å²) in [6.45, 7) is -0.220. The van der Waals surface area contributed by atoms with Crippen molar-refractivity contribution in [3.8, 4) is 0 Å². The topological polar surface area (TPSA) is 63.6 Å². The molecule has 0 bridgehead atoms. The van der Waals surface area contributed by atoms with Gasteiger partial charge >= 0.3 is 0 Å². The summed E-state index contributed by atoms with van der Waals surface area (Å²) in [5.41, 5.74) is -0.793. The molecule has 0 spiro atoms. The first kappa shape index (κ1) is 7.97. The van der Waals surface area contributed by atoms with Gasteiger partial charge < -0.3 is 9.84 Å². The van der Waals surface area contributed by atoms with E-state index in [1.54, 1.807) is 0 Å². The van der Waals surface area contributed by atoms with Gasteiger partial charge in [-0.2, -0.15) is 0 Å². The summed E-state index contributed by atoms with van der Waals surface area (Å²) in [7, 11) is -1.49. The summed E-state index contributed by atoms with van der Waals surface area (Å²) >= 11 is 0. The van der Waals surface area contributed by atoms with Crippen molar-refractivity contribution in [3.05, 3.63) is 0 Å². The van der Waals surface area contributed by atoms with Crippen LogP contribution in [0.15, 0.2) is 0 Å². The maximum atomic E-state index is 10.6. The third-order valence-corrected chi connectivity index (χ3v) is 3.62. The SMILES string of the molecule is COC1(CO)CS(=O)(=O)C1. The largest absolute Gasteiger partial charge is 0.393 e. The van der Waals surface area contributed by atoms with E-state index in [0.29, 0.717) is 0 Å². The molecular weight excluding hydrogens is 156 g/mol. The van der Waals surface area contributed by atoms with Gasteiger partial charge in [-0.25, -0.2) is 8.42 Å². The number of ether oxygens (including phenoxy) is 1. The minimum Gasteiger partial charge on any atom is -0.393 e. The van der Waals surface area contributed by atoms with Gasteiger partial charge in [0.15, 0.2) is 9.84 Å². The molecule has 1 aliphatic heterocycles. The average molecular weight is 166 g/mol. The van der Waals surface area contributed by atoms with Crippen molar-refractivity contribution in [2.45, 2.75) is 5.60 Å². The first-order chi connectivity index (χ1) is 4.54. The van der Waals surface area contributed by atoms with Crippen LogP contribution in [-0.2, 0) is 14.6 Å². The predicted octanol–water partition coefficient (Wildman–Crippen LogP) is -1.21. The number of sulfone groups is 1. The normalized spacial score (nSPS) is 27.4. The van der Waals surface area contributed by atoms with Crippen LogP contribution in [0.1, 0.15) is 0 Å². The molecule has 10 heavy (non-hydrogen) atoms. The Balaban J connectivity index is 2.63. The highest BCUT2D eigenvalue weighted by atomic mass is 32.2. The fourth-order valence-corrected chi connectivity index (χ4v) is 2.97. The second-order valence-corrected chi connectivity index (χ2v) is 4.64. The third-order valence-electron chi connectivity index (χ3n) is 1.69. The van der Waals surface area contributed by atoms with E-state index >= 15 is 0 Å². The minimum absolute atomic E-state index is 0.0486. The summed E-state index contributed by atoms with van der Waals surface area (Å²) < 4.78 is 26.1. The zero-order chi connectivity index (χ0) is 7.83. The van der Waals surface area contributed by atoms with Gasteiger partial charge in [-0.3, -0.25) is 0 Å². The standard InChI is InChI=1S/C5H10O4S/c1-9-5(2-6)3-10(7,8)4-5/h6H,2-4H2,1H3. The lowest BCUT2D eigenvalue weighted by atomic mass is 10.1. The van der Waals surface area contributed by atoms with Crippen LogP contribution in [0.2, 0.25) is 0 Å². The summed E-state index contributed by atoms with van der Waals surface area (Å²) in [5, 5.41) is 8.68. The van der Waals surface area contributed by atoms with E-state index in [4.69, 9.17) is 9.84 Å². The Morgan fingerprint density at radius 1 is 1.60 bits per heavy atom. The van der Waals surface area contributed by atoms with Crippen LogP contribution in [0, 0.1) is 0 Å². The number of rotatable bonds is 2. The number of aliphatic hydroxyl groups excluding tert-OH is 1. The number of aliphatic hydroxyl groups is 1. The molecule has 0 aromatic heterocycles. The van der Waals surface area contributed by atoms with Crippen molar-refractivity contribution < 1.29 is 18.3 Å². The van der Waals surface area contributed by atoms with Gasteiger partial charge in [0.05, 0.1) is 18.1 Å². The van der Waals surface area contributed by atoms with Crippen molar-refractivity contribution in [1.29, 1.82) is 0 Å². The van der Waals surface area contributed by atoms with Crippen LogP contribution < -0.4 is 0 Å². The van der Waals surface area contributed by atoms with E-state index in [0.717, 1.165) is 0 Å². The highest BCUT2D eigenvalue weighted by Crippen LogP contribution is 2.25. The van der Waals surface area contributed by atoms with Crippen LogP contribution in [0.5, 0.6) is 0 Å². The van der Waals surface area contributed by atoms with E-state index in [1.165, 1.54) is 7.11 Å². The van der Waals surface area contributed by atoms with Gasteiger partial charge in [0.2, 0.25) is 0 Å². The molecule has 0 aromatic carbocycles. The number of hydrogen-bond acceptors (Lipinski definition) is 4. The van der Waals surface area contributed by atoms with Crippen LogP contribution in [0.3, 0.4) is 0 Å². The molecule has 4 nitrogen and oxygen atoms in total. The Hall–Kier alpha value is -0.130. The fourth-order valence-electron chi connectivity index (χ4n) is 1.03. The summed E-state index contributed by atoms with van der Waals surface area (Å²) in [5.74, 6) is -0.0972. The van der Waals surface area contributed by atoms with Gasteiger partial charge in [-0.05, 0) is 0 Å². The molecule has 60 valence electrons. The molecule has 0 aliphatic carbocycles. The minimum atomic E-state index is -2.90. The van der Waals surface area contributed by atoms with E-state index in [2.05, 4.69) is 0 Å². The highest BCUT2D eigenvalue weighted by Gasteiger charge is 2.48. The molecule has 1 saturated heterocycles. The predicted molar refractivity (Wildman–Crippen MR) is 35.5 cm³/mol. The first-order valence-corrected chi connectivity index (χ1v) is 4.72. The molecule has 1 fully saturated rings. The van der Waals surface area contributed by atoms with Gasteiger partial charge in [0, 0.05) is 7.11 Å². The quantitative estimate of drug-likeness (QED) is 0.559. The summed E-state index contributed by atoms with van der Waals surface area (Å²) in [6, 6.07) is 0. The number of hydrogen-bond donors (Lipinski definition) is 1. The van der Waals surface area contributed by atoms with Crippen molar-refractivity contribution in [2.75, 3.05) is 25.2 Å². The maximum Gasteiger partial charge on any atom is 0.156 e. The monoisotopic (exact) mass is 166 g/mol. The van der Waals surface area contributed by atoms with Crippen molar-refractivity contribution >= 4 is 9.84 Å². The lowest BCUT2D eigenvalue weighted by molar-refractivity contribution is -0.0282. The zero-order valence-electron chi connectivity index (χ0n) is 5.70. The van der Waals surface area contributed by atoms with Crippen LogP contribution in [0.4, 0.5) is 0 Å². The summed E-state index contributed by atoms with van der Waals surface area (Å²) in [4.78, 5) is 0. The van der Waals surface area contributed by atoms with Gasteiger partial charge in [-0.15, -0.1) is 0 Å². The molecule has 5 heteroatoms. The van der Waals surface area contributed by atoms with E-state index in [9.17, 15) is 8.42 Å². The first-order valence-electron chi connectivity index (χ1n) is 2.90.